The van der Waals surface area contributed by atoms with E-state index >= 15 is 0 Å². The molecule has 2 unspecified atom stereocenters. The van der Waals surface area contributed by atoms with Crippen molar-refractivity contribution >= 4 is 17.5 Å². The first-order chi connectivity index (χ1) is 10.1. The summed E-state index contributed by atoms with van der Waals surface area (Å²) in [5.74, 6) is 1.40. The number of anilines is 2. The summed E-state index contributed by atoms with van der Waals surface area (Å²) >= 11 is 0. The maximum Gasteiger partial charge on any atom is 0.411 e. The Labute approximate surface area is 127 Å². The molecule has 1 saturated carbocycles. The molecule has 0 radical (unpaired) electrons. The zero-order valence-corrected chi connectivity index (χ0v) is 13.2. The van der Waals surface area contributed by atoms with Gasteiger partial charge in [0.25, 0.3) is 0 Å². The molecule has 2 atom stereocenters. The van der Waals surface area contributed by atoms with Crippen molar-refractivity contribution in [2.24, 2.45) is 11.8 Å². The van der Waals surface area contributed by atoms with E-state index in [1.54, 1.807) is 6.92 Å². The normalized spacial score (nSPS) is 25.2. The first-order valence-corrected chi connectivity index (χ1v) is 7.90. The van der Waals surface area contributed by atoms with Crippen LogP contribution in [0, 0.1) is 11.8 Å². The van der Waals surface area contributed by atoms with E-state index < -0.39 is 6.09 Å². The van der Waals surface area contributed by atoms with Crippen molar-refractivity contribution in [2.75, 3.05) is 17.2 Å². The molecule has 116 valence electrons. The molecule has 0 aliphatic heterocycles. The van der Waals surface area contributed by atoms with Crippen LogP contribution in [0.5, 0.6) is 0 Å². The molecule has 1 aliphatic carbocycles. The number of carbonyl (C=O) groups is 1. The molecular formula is C17H26N2O2. The van der Waals surface area contributed by atoms with Crippen LogP contribution in [0.2, 0.25) is 0 Å². The van der Waals surface area contributed by atoms with E-state index in [-0.39, 0.29) is 0 Å². The minimum absolute atomic E-state index is 0.378. The Morgan fingerprint density at radius 3 is 2.29 bits per heavy atom. The quantitative estimate of drug-likeness (QED) is 0.859. The van der Waals surface area contributed by atoms with Crippen molar-refractivity contribution in [2.45, 2.75) is 46.1 Å². The maximum absolute atomic E-state index is 11.4. The van der Waals surface area contributed by atoms with Gasteiger partial charge in [-0.05, 0) is 55.9 Å². The third-order valence-electron chi connectivity index (χ3n) is 4.29. The summed E-state index contributed by atoms with van der Waals surface area (Å²) in [7, 11) is 0. The number of benzene rings is 1. The highest BCUT2D eigenvalue weighted by atomic mass is 16.5. The molecule has 2 N–H and O–H groups in total. The second kappa shape index (κ2) is 7.34. The molecule has 1 fully saturated rings. The van der Waals surface area contributed by atoms with Gasteiger partial charge in [0.2, 0.25) is 0 Å². The Bertz CT molecular complexity index is 448. The van der Waals surface area contributed by atoms with E-state index in [2.05, 4.69) is 24.5 Å². The number of amides is 1. The number of hydrogen-bond acceptors (Lipinski definition) is 3. The molecule has 0 aromatic heterocycles. The molecule has 21 heavy (non-hydrogen) atoms. The van der Waals surface area contributed by atoms with Gasteiger partial charge in [0.15, 0.2) is 0 Å². The van der Waals surface area contributed by atoms with Gasteiger partial charge in [-0.2, -0.15) is 0 Å². The molecular weight excluding hydrogens is 264 g/mol. The lowest BCUT2D eigenvalue weighted by atomic mass is 9.78. The van der Waals surface area contributed by atoms with Crippen LogP contribution in [0.1, 0.15) is 40.0 Å². The van der Waals surface area contributed by atoms with Crippen LogP contribution < -0.4 is 10.6 Å². The van der Waals surface area contributed by atoms with Gasteiger partial charge in [0.1, 0.15) is 0 Å². The van der Waals surface area contributed by atoms with E-state index in [1.165, 1.54) is 19.3 Å². The highest BCUT2D eigenvalue weighted by Gasteiger charge is 2.27. The Morgan fingerprint density at radius 2 is 1.71 bits per heavy atom. The molecule has 0 spiro atoms. The number of nitrogens with one attached hydrogen (secondary N) is 2. The van der Waals surface area contributed by atoms with Crippen molar-refractivity contribution in [1.29, 1.82) is 0 Å². The maximum atomic E-state index is 11.4. The van der Waals surface area contributed by atoms with Gasteiger partial charge in [-0.15, -0.1) is 0 Å². The second-order valence-corrected chi connectivity index (χ2v) is 5.98. The van der Waals surface area contributed by atoms with Crippen molar-refractivity contribution in [1.82, 2.24) is 0 Å². The highest BCUT2D eigenvalue weighted by molar-refractivity contribution is 5.84. The monoisotopic (exact) mass is 290 g/mol. The molecule has 0 heterocycles. The Balaban J connectivity index is 1.94. The van der Waals surface area contributed by atoms with Crippen molar-refractivity contribution < 1.29 is 9.53 Å². The van der Waals surface area contributed by atoms with E-state index in [0.29, 0.717) is 24.5 Å². The lowest BCUT2D eigenvalue weighted by molar-refractivity contribution is 0.168. The smallest absolute Gasteiger partial charge is 0.411 e. The van der Waals surface area contributed by atoms with Crippen LogP contribution in [0.25, 0.3) is 0 Å². The molecule has 0 bridgehead atoms. The summed E-state index contributed by atoms with van der Waals surface area (Å²) in [5.41, 5.74) is 1.86. The topological polar surface area (TPSA) is 50.4 Å². The average Bonchev–Trinajstić information content (AvgIpc) is 2.45. The predicted molar refractivity (Wildman–Crippen MR) is 86.7 cm³/mol. The summed E-state index contributed by atoms with van der Waals surface area (Å²) in [6.07, 6.45) is 3.52. The standard InChI is InChI=1S/C17H26N2O2/c1-4-21-17(20)19-15-10-8-14(9-11-15)18-16-12(2)6-5-7-13(16)3/h8-13,16,18H,4-7H2,1-3H3,(H,19,20). The van der Waals surface area contributed by atoms with E-state index in [1.807, 2.05) is 24.3 Å². The van der Waals surface area contributed by atoms with Gasteiger partial charge >= 0.3 is 6.09 Å². The highest BCUT2D eigenvalue weighted by Crippen LogP contribution is 2.31. The number of rotatable bonds is 4. The zero-order chi connectivity index (χ0) is 15.2. The minimum Gasteiger partial charge on any atom is -0.450 e. The molecule has 0 saturated heterocycles. The van der Waals surface area contributed by atoms with Crippen molar-refractivity contribution in [3.8, 4) is 0 Å². The molecule has 1 aliphatic rings. The molecule has 4 nitrogen and oxygen atoms in total. The van der Waals surface area contributed by atoms with Gasteiger partial charge in [-0.25, -0.2) is 4.79 Å². The molecule has 2 rings (SSSR count). The molecule has 4 heteroatoms. The number of hydrogen-bond donors (Lipinski definition) is 2. The van der Waals surface area contributed by atoms with Crippen LogP contribution in [0.3, 0.4) is 0 Å². The van der Waals surface area contributed by atoms with Crippen LogP contribution in [-0.4, -0.2) is 18.7 Å². The van der Waals surface area contributed by atoms with Crippen molar-refractivity contribution in [3.05, 3.63) is 24.3 Å². The summed E-state index contributed by atoms with van der Waals surface area (Å²) < 4.78 is 4.86. The fraction of sp³-hybridized carbons (Fsp3) is 0.588. The number of carbonyl (C=O) groups excluding carboxylic acids is 1. The summed E-state index contributed by atoms with van der Waals surface area (Å²) in [6.45, 7) is 6.82. The van der Waals surface area contributed by atoms with Gasteiger partial charge in [-0.3, -0.25) is 5.32 Å². The van der Waals surface area contributed by atoms with Gasteiger partial charge < -0.3 is 10.1 Å². The van der Waals surface area contributed by atoms with E-state index in [4.69, 9.17) is 4.74 Å². The third-order valence-corrected chi connectivity index (χ3v) is 4.29. The van der Waals surface area contributed by atoms with Crippen LogP contribution in [0.4, 0.5) is 16.2 Å². The predicted octanol–water partition coefficient (Wildman–Crippen LogP) is 4.49. The van der Waals surface area contributed by atoms with Crippen LogP contribution in [-0.2, 0) is 4.74 Å². The van der Waals surface area contributed by atoms with Crippen LogP contribution in [0.15, 0.2) is 24.3 Å². The Morgan fingerprint density at radius 1 is 1.14 bits per heavy atom. The van der Waals surface area contributed by atoms with E-state index in [0.717, 1.165) is 11.4 Å². The van der Waals surface area contributed by atoms with Crippen molar-refractivity contribution in [3.63, 3.8) is 0 Å². The van der Waals surface area contributed by atoms with Crippen LogP contribution >= 0.6 is 0 Å². The fourth-order valence-electron chi connectivity index (χ4n) is 3.09. The van der Waals surface area contributed by atoms with E-state index in [9.17, 15) is 4.79 Å². The minimum atomic E-state index is -0.410. The average molecular weight is 290 g/mol. The summed E-state index contributed by atoms with van der Waals surface area (Å²) in [5, 5.41) is 6.34. The zero-order valence-electron chi connectivity index (χ0n) is 13.2. The largest absolute Gasteiger partial charge is 0.450 e. The molecule has 1 aromatic rings. The second-order valence-electron chi connectivity index (χ2n) is 5.98. The fourth-order valence-corrected chi connectivity index (χ4v) is 3.09. The summed E-state index contributed by atoms with van der Waals surface area (Å²) in [6, 6.07) is 8.35. The van der Waals surface area contributed by atoms with Gasteiger partial charge in [0.05, 0.1) is 6.61 Å². The SMILES string of the molecule is CCOC(=O)Nc1ccc(NC2C(C)CCCC2C)cc1. The number of ether oxygens (including phenoxy) is 1. The Hall–Kier alpha value is -1.71. The summed E-state index contributed by atoms with van der Waals surface area (Å²) in [4.78, 5) is 11.4. The lowest BCUT2D eigenvalue weighted by Gasteiger charge is -2.35. The first-order valence-electron chi connectivity index (χ1n) is 7.90. The first kappa shape index (κ1) is 15.7. The Kier molecular flexibility index (Phi) is 5.48. The third kappa shape index (κ3) is 4.38. The molecule has 1 amide bonds. The van der Waals surface area contributed by atoms with Gasteiger partial charge in [-0.1, -0.05) is 20.3 Å². The van der Waals surface area contributed by atoms with Gasteiger partial charge in [0, 0.05) is 17.4 Å². The molecule has 1 aromatic carbocycles. The lowest BCUT2D eigenvalue weighted by Crippen LogP contribution is -2.37.